The molecule has 0 radical (unpaired) electrons. The molecule has 2 heteroatoms. The predicted octanol–water partition coefficient (Wildman–Crippen LogP) is 3.77. The molecule has 1 aliphatic rings. The fraction of sp³-hybridized carbons (Fsp3) is 0.647. The molecular weight excluding hydrogens is 234 g/mol. The molecule has 0 amide bonds. The minimum atomic E-state index is 0.276. The first kappa shape index (κ1) is 14.5. The van der Waals surface area contributed by atoms with Gasteiger partial charge in [-0.1, -0.05) is 43.5 Å². The highest BCUT2D eigenvalue weighted by atomic mass is 16.2. The summed E-state index contributed by atoms with van der Waals surface area (Å²) < 4.78 is 0. The maximum atomic E-state index is 8.94. The van der Waals surface area contributed by atoms with Crippen LogP contribution in [-0.4, -0.2) is 18.8 Å². The van der Waals surface area contributed by atoms with E-state index in [1.807, 2.05) is 7.05 Å². The van der Waals surface area contributed by atoms with Crippen LogP contribution in [0.15, 0.2) is 24.3 Å². The molecule has 0 aromatic heterocycles. The van der Waals surface area contributed by atoms with Crippen molar-refractivity contribution < 1.29 is 5.11 Å². The van der Waals surface area contributed by atoms with Crippen molar-refractivity contribution in [2.24, 2.45) is 0 Å². The molecular formula is C17H27NO. The third kappa shape index (κ3) is 4.05. The summed E-state index contributed by atoms with van der Waals surface area (Å²) in [6, 6.07) is 9.53. The average molecular weight is 261 g/mol. The molecule has 0 aliphatic heterocycles. The van der Waals surface area contributed by atoms with Crippen LogP contribution in [0.4, 0.5) is 0 Å². The van der Waals surface area contributed by atoms with Gasteiger partial charge in [-0.25, -0.2) is 0 Å². The summed E-state index contributed by atoms with van der Waals surface area (Å²) in [5, 5.41) is 12.3. The van der Waals surface area contributed by atoms with Crippen molar-refractivity contribution in [1.29, 1.82) is 0 Å². The average Bonchev–Trinajstić information content (AvgIpc) is 2.49. The fourth-order valence-electron chi connectivity index (χ4n) is 3.21. The van der Waals surface area contributed by atoms with Gasteiger partial charge in [0.2, 0.25) is 0 Å². The third-order valence-electron chi connectivity index (χ3n) is 4.41. The van der Waals surface area contributed by atoms with Crippen LogP contribution in [-0.2, 0) is 0 Å². The van der Waals surface area contributed by atoms with Crippen LogP contribution in [0.5, 0.6) is 0 Å². The van der Waals surface area contributed by atoms with Gasteiger partial charge in [-0.15, -0.1) is 0 Å². The second kappa shape index (κ2) is 7.66. The Morgan fingerprint density at radius 3 is 2.42 bits per heavy atom. The van der Waals surface area contributed by atoms with Crippen molar-refractivity contribution in [1.82, 2.24) is 5.32 Å². The fourth-order valence-corrected chi connectivity index (χ4v) is 3.21. The molecule has 106 valence electrons. The topological polar surface area (TPSA) is 32.3 Å². The van der Waals surface area contributed by atoms with Gasteiger partial charge in [-0.2, -0.15) is 0 Å². The van der Waals surface area contributed by atoms with Gasteiger partial charge in [-0.3, -0.25) is 0 Å². The van der Waals surface area contributed by atoms with E-state index in [-0.39, 0.29) is 6.61 Å². The Morgan fingerprint density at radius 2 is 1.84 bits per heavy atom. The van der Waals surface area contributed by atoms with Crippen molar-refractivity contribution in [3.63, 3.8) is 0 Å². The number of hydrogen-bond acceptors (Lipinski definition) is 2. The lowest BCUT2D eigenvalue weighted by Crippen LogP contribution is -2.16. The van der Waals surface area contributed by atoms with Gasteiger partial charge < -0.3 is 10.4 Å². The van der Waals surface area contributed by atoms with Crippen LogP contribution < -0.4 is 5.32 Å². The molecule has 1 aromatic rings. The summed E-state index contributed by atoms with van der Waals surface area (Å²) in [5.41, 5.74) is 2.86. The van der Waals surface area contributed by atoms with E-state index in [4.69, 9.17) is 5.11 Å². The van der Waals surface area contributed by atoms with Crippen LogP contribution in [0.25, 0.3) is 0 Å². The van der Waals surface area contributed by atoms with Gasteiger partial charge in [0.15, 0.2) is 0 Å². The van der Waals surface area contributed by atoms with E-state index in [0.29, 0.717) is 6.04 Å². The molecule has 2 N–H and O–H groups in total. The lowest BCUT2D eigenvalue weighted by atomic mass is 9.83. The van der Waals surface area contributed by atoms with E-state index in [0.717, 1.165) is 18.8 Å². The Morgan fingerprint density at radius 1 is 1.16 bits per heavy atom. The Labute approximate surface area is 117 Å². The number of benzene rings is 1. The van der Waals surface area contributed by atoms with Crippen molar-refractivity contribution in [3.8, 4) is 0 Å². The first-order chi connectivity index (χ1) is 9.35. The zero-order chi connectivity index (χ0) is 13.5. The highest BCUT2D eigenvalue weighted by molar-refractivity contribution is 5.27. The summed E-state index contributed by atoms with van der Waals surface area (Å²) in [4.78, 5) is 0. The summed E-state index contributed by atoms with van der Waals surface area (Å²) in [7, 11) is 2.00. The van der Waals surface area contributed by atoms with Gasteiger partial charge >= 0.3 is 0 Å². The minimum Gasteiger partial charge on any atom is -0.396 e. The van der Waals surface area contributed by atoms with Gasteiger partial charge in [0.25, 0.3) is 0 Å². The largest absolute Gasteiger partial charge is 0.396 e. The standard InChI is InChI=1S/C17H27NO/c1-18-17(8-5-13-19)16-11-9-15(10-12-16)14-6-3-2-4-7-14/h9-12,14,17-19H,2-8,13H2,1H3. The van der Waals surface area contributed by atoms with Crippen LogP contribution >= 0.6 is 0 Å². The maximum absolute atomic E-state index is 8.94. The van der Waals surface area contributed by atoms with Gasteiger partial charge in [-0.05, 0) is 49.8 Å². The highest BCUT2D eigenvalue weighted by Gasteiger charge is 2.16. The summed E-state index contributed by atoms with van der Waals surface area (Å²) in [5.74, 6) is 0.785. The highest BCUT2D eigenvalue weighted by Crippen LogP contribution is 2.33. The maximum Gasteiger partial charge on any atom is 0.0431 e. The molecule has 19 heavy (non-hydrogen) atoms. The minimum absolute atomic E-state index is 0.276. The number of rotatable bonds is 6. The van der Waals surface area contributed by atoms with Crippen LogP contribution in [0.1, 0.15) is 68.0 Å². The molecule has 2 rings (SSSR count). The molecule has 1 saturated carbocycles. The van der Waals surface area contributed by atoms with Crippen molar-refractivity contribution in [2.45, 2.75) is 56.9 Å². The quantitative estimate of drug-likeness (QED) is 0.817. The Bertz CT molecular complexity index is 354. The molecule has 1 atom stereocenters. The lowest BCUT2D eigenvalue weighted by Gasteiger charge is -2.23. The van der Waals surface area contributed by atoms with Crippen LogP contribution in [0.3, 0.4) is 0 Å². The lowest BCUT2D eigenvalue weighted by molar-refractivity contribution is 0.276. The van der Waals surface area contributed by atoms with Gasteiger partial charge in [0.05, 0.1) is 0 Å². The number of aliphatic hydroxyl groups is 1. The Balaban J connectivity index is 1.99. The predicted molar refractivity (Wildman–Crippen MR) is 80.4 cm³/mol. The van der Waals surface area contributed by atoms with E-state index >= 15 is 0 Å². The first-order valence-electron chi connectivity index (χ1n) is 7.73. The van der Waals surface area contributed by atoms with E-state index in [2.05, 4.69) is 29.6 Å². The van der Waals surface area contributed by atoms with Gasteiger partial charge in [0, 0.05) is 12.6 Å². The molecule has 1 fully saturated rings. The zero-order valence-corrected chi connectivity index (χ0v) is 12.1. The number of nitrogens with one attached hydrogen (secondary N) is 1. The van der Waals surface area contributed by atoms with E-state index in [1.165, 1.54) is 43.2 Å². The molecule has 0 spiro atoms. The van der Waals surface area contributed by atoms with Crippen molar-refractivity contribution >= 4 is 0 Å². The third-order valence-corrected chi connectivity index (χ3v) is 4.41. The molecule has 1 unspecified atom stereocenters. The van der Waals surface area contributed by atoms with Crippen molar-refractivity contribution in [2.75, 3.05) is 13.7 Å². The van der Waals surface area contributed by atoms with Crippen molar-refractivity contribution in [3.05, 3.63) is 35.4 Å². The summed E-state index contributed by atoms with van der Waals surface area (Å²) in [6.45, 7) is 0.276. The molecule has 0 bridgehead atoms. The number of hydrogen-bond donors (Lipinski definition) is 2. The monoisotopic (exact) mass is 261 g/mol. The van der Waals surface area contributed by atoms with E-state index in [9.17, 15) is 0 Å². The molecule has 0 saturated heterocycles. The van der Waals surface area contributed by atoms with Crippen LogP contribution in [0, 0.1) is 0 Å². The summed E-state index contributed by atoms with van der Waals surface area (Å²) >= 11 is 0. The summed E-state index contributed by atoms with van der Waals surface area (Å²) in [6.07, 6.45) is 8.77. The van der Waals surface area contributed by atoms with Gasteiger partial charge in [0.1, 0.15) is 0 Å². The number of aliphatic hydroxyl groups excluding tert-OH is 1. The normalized spacial score (nSPS) is 18.4. The second-order valence-electron chi connectivity index (χ2n) is 5.71. The molecule has 2 nitrogen and oxygen atoms in total. The molecule has 1 aromatic carbocycles. The van der Waals surface area contributed by atoms with Crippen LogP contribution in [0.2, 0.25) is 0 Å². The molecule has 1 aliphatic carbocycles. The van der Waals surface area contributed by atoms with E-state index < -0.39 is 0 Å². The smallest absolute Gasteiger partial charge is 0.0431 e. The Hall–Kier alpha value is -0.860. The van der Waals surface area contributed by atoms with E-state index in [1.54, 1.807) is 0 Å². The molecule has 0 heterocycles. The SMILES string of the molecule is CNC(CCCO)c1ccc(C2CCCCC2)cc1. The first-order valence-corrected chi connectivity index (χ1v) is 7.73. The second-order valence-corrected chi connectivity index (χ2v) is 5.71. The Kier molecular flexibility index (Phi) is 5.87. The zero-order valence-electron chi connectivity index (χ0n) is 12.1.